The predicted molar refractivity (Wildman–Crippen MR) is 75.7 cm³/mol. The zero-order chi connectivity index (χ0) is 15.0. The summed E-state index contributed by atoms with van der Waals surface area (Å²) in [4.78, 5) is 23.1. The molecule has 0 heterocycles. The average Bonchev–Trinajstić information content (AvgIpc) is 2.45. The van der Waals surface area contributed by atoms with E-state index in [2.05, 4.69) is 10.6 Å². The molecule has 0 aliphatic rings. The molecule has 1 atom stereocenters. The molecular formula is C14H20N2O4. The summed E-state index contributed by atoms with van der Waals surface area (Å²) >= 11 is 0. The Morgan fingerprint density at radius 2 is 1.95 bits per heavy atom. The fraction of sp³-hybridized carbons (Fsp3) is 0.429. The van der Waals surface area contributed by atoms with Gasteiger partial charge in [-0.05, 0) is 37.6 Å². The summed E-state index contributed by atoms with van der Waals surface area (Å²) in [6.07, 6.45) is 0.772. The molecule has 1 aromatic carbocycles. The fourth-order valence-electron chi connectivity index (χ4n) is 1.40. The van der Waals surface area contributed by atoms with Crippen molar-refractivity contribution in [1.29, 1.82) is 0 Å². The van der Waals surface area contributed by atoms with Crippen LogP contribution in [0.15, 0.2) is 24.3 Å². The van der Waals surface area contributed by atoms with Crippen molar-refractivity contribution < 1.29 is 19.4 Å². The predicted octanol–water partition coefficient (Wildman–Crippen LogP) is 1.76. The van der Waals surface area contributed by atoms with Crippen LogP contribution >= 0.6 is 0 Å². The first-order chi connectivity index (χ1) is 9.56. The van der Waals surface area contributed by atoms with Crippen LogP contribution in [0.3, 0.4) is 0 Å². The van der Waals surface area contributed by atoms with Crippen molar-refractivity contribution in [3.63, 3.8) is 0 Å². The number of hydrogen-bond acceptors (Lipinski definition) is 4. The first-order valence-corrected chi connectivity index (χ1v) is 6.52. The number of nitrogens with one attached hydrogen (secondary N) is 2. The van der Waals surface area contributed by atoms with Crippen molar-refractivity contribution >= 4 is 17.7 Å². The van der Waals surface area contributed by atoms with Gasteiger partial charge < -0.3 is 20.5 Å². The normalized spacial score (nSPS) is 11.6. The largest absolute Gasteiger partial charge is 0.462 e. The molecule has 3 N–H and O–H groups in total. The third-order valence-electron chi connectivity index (χ3n) is 2.47. The van der Waals surface area contributed by atoms with Gasteiger partial charge in [-0.1, -0.05) is 6.92 Å². The van der Waals surface area contributed by atoms with Gasteiger partial charge in [-0.3, -0.25) is 0 Å². The molecule has 0 aliphatic heterocycles. The Morgan fingerprint density at radius 1 is 1.30 bits per heavy atom. The van der Waals surface area contributed by atoms with E-state index >= 15 is 0 Å². The summed E-state index contributed by atoms with van der Waals surface area (Å²) in [7, 11) is 0. The van der Waals surface area contributed by atoms with Crippen LogP contribution in [0.1, 0.15) is 30.6 Å². The minimum Gasteiger partial charge on any atom is -0.462 e. The molecular weight excluding hydrogens is 260 g/mol. The highest BCUT2D eigenvalue weighted by Gasteiger charge is 2.08. The van der Waals surface area contributed by atoms with E-state index in [0.717, 1.165) is 6.42 Å². The van der Waals surface area contributed by atoms with Gasteiger partial charge in [0, 0.05) is 5.69 Å². The Balaban J connectivity index is 2.54. The lowest BCUT2D eigenvalue weighted by atomic mass is 10.2. The third kappa shape index (κ3) is 5.27. The van der Waals surface area contributed by atoms with E-state index in [1.165, 1.54) is 0 Å². The number of ether oxygens (including phenoxy) is 1. The first kappa shape index (κ1) is 16.0. The molecule has 0 saturated heterocycles. The maximum Gasteiger partial charge on any atom is 0.338 e. The van der Waals surface area contributed by atoms with Crippen LogP contribution in [-0.4, -0.2) is 36.4 Å². The molecule has 0 saturated carbocycles. The number of rotatable bonds is 6. The lowest BCUT2D eigenvalue weighted by Gasteiger charge is -2.12. The molecule has 1 rings (SSSR count). The van der Waals surface area contributed by atoms with Crippen LogP contribution in [0.5, 0.6) is 0 Å². The zero-order valence-corrected chi connectivity index (χ0v) is 11.7. The highest BCUT2D eigenvalue weighted by Crippen LogP contribution is 2.10. The van der Waals surface area contributed by atoms with E-state index < -0.39 is 6.03 Å². The van der Waals surface area contributed by atoms with Crippen molar-refractivity contribution in [3.05, 3.63) is 29.8 Å². The number of carbonyl (C=O) groups is 2. The molecule has 0 fully saturated rings. The van der Waals surface area contributed by atoms with Crippen LogP contribution < -0.4 is 10.6 Å². The lowest BCUT2D eigenvalue weighted by molar-refractivity contribution is 0.0505. The molecule has 6 heteroatoms. The van der Waals surface area contributed by atoms with E-state index in [1.807, 2.05) is 6.92 Å². The smallest absolute Gasteiger partial charge is 0.338 e. The van der Waals surface area contributed by atoms with Crippen molar-refractivity contribution in [2.45, 2.75) is 26.3 Å². The molecule has 6 nitrogen and oxygen atoms in total. The maximum absolute atomic E-state index is 11.6. The van der Waals surface area contributed by atoms with E-state index in [-0.39, 0.29) is 18.6 Å². The Hall–Kier alpha value is -2.08. The SMILES string of the molecule is CCCOC(=O)c1ccc(NC(=O)N[C@H](C)CO)cc1. The summed E-state index contributed by atoms with van der Waals surface area (Å²) in [5.41, 5.74) is 0.993. The van der Waals surface area contributed by atoms with Crippen molar-refractivity contribution in [1.82, 2.24) is 5.32 Å². The molecule has 0 spiro atoms. The number of aliphatic hydroxyl groups is 1. The van der Waals surface area contributed by atoms with Crippen molar-refractivity contribution in [2.24, 2.45) is 0 Å². The quantitative estimate of drug-likeness (QED) is 0.693. The topological polar surface area (TPSA) is 87.7 Å². The summed E-state index contributed by atoms with van der Waals surface area (Å²) in [6.45, 7) is 3.87. The van der Waals surface area contributed by atoms with Crippen molar-refractivity contribution in [2.75, 3.05) is 18.5 Å². The van der Waals surface area contributed by atoms with Gasteiger partial charge in [0.2, 0.25) is 0 Å². The molecule has 0 aliphatic carbocycles. The van der Waals surface area contributed by atoms with Gasteiger partial charge in [-0.2, -0.15) is 0 Å². The Kier molecular flexibility index (Phi) is 6.52. The molecule has 2 amide bonds. The molecule has 110 valence electrons. The second-order valence-corrected chi connectivity index (χ2v) is 4.40. The summed E-state index contributed by atoms with van der Waals surface area (Å²) in [6, 6.07) is 5.68. The number of aliphatic hydroxyl groups excluding tert-OH is 1. The number of urea groups is 1. The zero-order valence-electron chi connectivity index (χ0n) is 11.7. The highest BCUT2D eigenvalue weighted by atomic mass is 16.5. The minimum atomic E-state index is -0.409. The Bertz CT molecular complexity index is 445. The van der Waals surface area contributed by atoms with Gasteiger partial charge >= 0.3 is 12.0 Å². The Labute approximate surface area is 118 Å². The monoisotopic (exact) mass is 280 g/mol. The second-order valence-electron chi connectivity index (χ2n) is 4.40. The van der Waals surface area contributed by atoms with E-state index in [0.29, 0.717) is 17.9 Å². The molecule has 20 heavy (non-hydrogen) atoms. The number of hydrogen-bond donors (Lipinski definition) is 3. The van der Waals surface area contributed by atoms with Crippen LogP contribution in [0.25, 0.3) is 0 Å². The van der Waals surface area contributed by atoms with Gasteiger partial charge in [-0.25, -0.2) is 9.59 Å². The molecule has 0 aromatic heterocycles. The van der Waals surface area contributed by atoms with Crippen LogP contribution in [-0.2, 0) is 4.74 Å². The van der Waals surface area contributed by atoms with E-state index in [1.54, 1.807) is 31.2 Å². The van der Waals surface area contributed by atoms with Crippen molar-refractivity contribution in [3.8, 4) is 0 Å². The Morgan fingerprint density at radius 3 is 2.50 bits per heavy atom. The van der Waals surface area contributed by atoms with Gasteiger partial charge in [0.05, 0.1) is 24.8 Å². The van der Waals surface area contributed by atoms with Crippen LogP contribution in [0.4, 0.5) is 10.5 Å². The highest BCUT2D eigenvalue weighted by molar-refractivity contribution is 5.92. The molecule has 0 unspecified atom stereocenters. The fourth-order valence-corrected chi connectivity index (χ4v) is 1.40. The molecule has 1 aromatic rings. The second kappa shape index (κ2) is 8.16. The first-order valence-electron chi connectivity index (χ1n) is 6.52. The van der Waals surface area contributed by atoms with Gasteiger partial charge in [0.1, 0.15) is 0 Å². The lowest BCUT2D eigenvalue weighted by Crippen LogP contribution is -2.38. The van der Waals surface area contributed by atoms with E-state index in [9.17, 15) is 9.59 Å². The van der Waals surface area contributed by atoms with Gasteiger partial charge in [0.15, 0.2) is 0 Å². The summed E-state index contributed by atoms with van der Waals surface area (Å²) in [5, 5.41) is 14.0. The van der Waals surface area contributed by atoms with Crippen LogP contribution in [0, 0.1) is 0 Å². The molecule has 0 bridgehead atoms. The number of carbonyl (C=O) groups excluding carboxylic acids is 2. The average molecular weight is 280 g/mol. The minimum absolute atomic E-state index is 0.129. The molecule has 0 radical (unpaired) electrons. The van der Waals surface area contributed by atoms with Gasteiger partial charge in [-0.15, -0.1) is 0 Å². The number of anilines is 1. The van der Waals surface area contributed by atoms with E-state index in [4.69, 9.17) is 9.84 Å². The standard InChI is InChI=1S/C14H20N2O4/c1-3-8-20-13(18)11-4-6-12(7-5-11)16-14(19)15-10(2)9-17/h4-7,10,17H,3,8-9H2,1-2H3,(H2,15,16,19)/t10-/m1/s1. The number of amides is 2. The number of benzene rings is 1. The maximum atomic E-state index is 11.6. The van der Waals surface area contributed by atoms with Crippen LogP contribution in [0.2, 0.25) is 0 Å². The summed E-state index contributed by atoms with van der Waals surface area (Å²) in [5.74, 6) is -0.378. The van der Waals surface area contributed by atoms with Gasteiger partial charge in [0.25, 0.3) is 0 Å². The third-order valence-corrected chi connectivity index (χ3v) is 2.47. The number of esters is 1. The summed E-state index contributed by atoms with van der Waals surface area (Å²) < 4.78 is 5.00.